The Morgan fingerprint density at radius 1 is 0.608 bits per heavy atom. The van der Waals surface area contributed by atoms with Gasteiger partial charge in [-0.1, -0.05) is 127 Å². The fourth-order valence-corrected chi connectivity index (χ4v) is 5.38. The van der Waals surface area contributed by atoms with Crippen molar-refractivity contribution in [3.63, 3.8) is 0 Å². The van der Waals surface area contributed by atoms with Gasteiger partial charge in [0.05, 0.1) is 43.5 Å². The van der Waals surface area contributed by atoms with Gasteiger partial charge in [0.25, 0.3) is 5.69 Å². The van der Waals surface area contributed by atoms with Gasteiger partial charge >= 0.3 is 5.97 Å². The Morgan fingerprint density at radius 2 is 1.04 bits per heavy atom. The average Bonchev–Trinajstić information content (AvgIpc) is 3.18. The van der Waals surface area contributed by atoms with E-state index in [1.54, 1.807) is 6.08 Å². The maximum atomic E-state index is 13.7. The smallest absolute Gasteiger partial charge is 0.338 e. The second kappa shape index (κ2) is 19.7. The summed E-state index contributed by atoms with van der Waals surface area (Å²) in [5.41, 5.74) is 3.71. The Kier molecular flexibility index (Phi) is 14.2. The summed E-state index contributed by atoms with van der Waals surface area (Å²) in [5.74, 6) is -0.700. The molecule has 0 aliphatic rings. The highest BCUT2D eigenvalue weighted by Gasteiger charge is 2.39. The summed E-state index contributed by atoms with van der Waals surface area (Å²) in [6.45, 7) is 4.94. The van der Waals surface area contributed by atoms with Crippen LogP contribution in [0.5, 0.6) is 0 Å². The number of carbonyl (C=O) groups is 1. The number of nitro groups is 1. The predicted octanol–water partition coefficient (Wildman–Crippen LogP) is 8.28. The zero-order valence-electron chi connectivity index (χ0n) is 28.2. The van der Waals surface area contributed by atoms with Gasteiger partial charge in [-0.2, -0.15) is 0 Å². The number of nitro benzene ring substituents is 1. The molecule has 0 aliphatic heterocycles. The van der Waals surface area contributed by atoms with Crippen molar-refractivity contribution in [2.45, 2.75) is 50.8 Å². The lowest BCUT2D eigenvalue weighted by atomic mass is 10.0. The van der Waals surface area contributed by atoms with Gasteiger partial charge < -0.3 is 23.7 Å². The van der Waals surface area contributed by atoms with Crippen LogP contribution in [0.1, 0.15) is 32.6 Å². The highest BCUT2D eigenvalue weighted by Crippen LogP contribution is 2.25. The Morgan fingerprint density at radius 3 is 1.49 bits per heavy atom. The van der Waals surface area contributed by atoms with Gasteiger partial charge in [-0.05, 0) is 34.4 Å². The van der Waals surface area contributed by atoms with Gasteiger partial charge in [-0.25, -0.2) is 4.79 Å². The normalized spacial score (nSPS) is 13.4. The molecule has 0 spiro atoms. The summed E-state index contributed by atoms with van der Waals surface area (Å²) in [6, 6.07) is 44.0. The van der Waals surface area contributed by atoms with Crippen molar-refractivity contribution in [3.8, 4) is 0 Å². The third-order valence-electron chi connectivity index (χ3n) is 8.07. The monoisotopic (exact) mass is 687 g/mol. The van der Waals surface area contributed by atoms with Crippen molar-refractivity contribution in [1.29, 1.82) is 0 Å². The van der Waals surface area contributed by atoms with Crippen LogP contribution in [0.15, 0.2) is 158 Å². The number of hydrogen-bond acceptors (Lipinski definition) is 8. The molecule has 5 rings (SSSR count). The minimum Gasteiger partial charge on any atom is -0.453 e. The summed E-state index contributed by atoms with van der Waals surface area (Å²) >= 11 is 0. The van der Waals surface area contributed by atoms with E-state index in [-0.39, 0.29) is 44.3 Å². The molecule has 51 heavy (non-hydrogen) atoms. The molecule has 0 amide bonds. The third kappa shape index (κ3) is 11.6. The van der Waals surface area contributed by atoms with Crippen molar-refractivity contribution in [3.05, 3.63) is 196 Å². The highest BCUT2D eigenvalue weighted by atomic mass is 16.6. The van der Waals surface area contributed by atoms with Crippen LogP contribution in [-0.4, -0.2) is 41.9 Å². The summed E-state index contributed by atoms with van der Waals surface area (Å²) < 4.78 is 32.1. The van der Waals surface area contributed by atoms with E-state index in [0.29, 0.717) is 0 Å². The number of esters is 1. The van der Waals surface area contributed by atoms with Crippen molar-refractivity contribution < 1.29 is 33.4 Å². The van der Waals surface area contributed by atoms with Gasteiger partial charge in [0.15, 0.2) is 6.10 Å². The lowest BCUT2D eigenvalue weighted by Crippen LogP contribution is -2.51. The minimum absolute atomic E-state index is 0.0547. The van der Waals surface area contributed by atoms with E-state index in [0.717, 1.165) is 22.3 Å². The molecule has 0 aromatic heterocycles. The van der Waals surface area contributed by atoms with E-state index in [4.69, 9.17) is 23.7 Å². The van der Waals surface area contributed by atoms with Crippen molar-refractivity contribution in [1.82, 2.24) is 0 Å². The first-order valence-corrected chi connectivity index (χ1v) is 16.7. The number of carbonyl (C=O) groups excluding carboxylic acids is 1. The summed E-state index contributed by atoms with van der Waals surface area (Å²) in [7, 11) is 0. The van der Waals surface area contributed by atoms with Crippen LogP contribution in [0, 0.1) is 10.1 Å². The first kappa shape index (κ1) is 36.8. The van der Waals surface area contributed by atoms with Crippen LogP contribution in [0.4, 0.5) is 5.69 Å². The molecule has 9 nitrogen and oxygen atoms in total. The van der Waals surface area contributed by atoms with Crippen molar-refractivity contribution in [2.75, 3.05) is 6.61 Å². The highest BCUT2D eigenvalue weighted by molar-refractivity contribution is 5.89. The van der Waals surface area contributed by atoms with Crippen molar-refractivity contribution >= 4 is 11.7 Å². The molecule has 5 aromatic carbocycles. The molecule has 0 saturated heterocycles. The van der Waals surface area contributed by atoms with Crippen LogP contribution in [0.25, 0.3) is 0 Å². The van der Waals surface area contributed by atoms with Gasteiger partial charge in [0.1, 0.15) is 18.3 Å². The fourth-order valence-electron chi connectivity index (χ4n) is 5.38. The number of benzene rings is 5. The number of rotatable bonds is 20. The van der Waals surface area contributed by atoms with E-state index < -0.39 is 35.3 Å². The van der Waals surface area contributed by atoms with Gasteiger partial charge in [-0.3, -0.25) is 10.1 Å². The average molecular weight is 688 g/mol. The Hall–Kier alpha value is -5.45. The van der Waals surface area contributed by atoms with E-state index in [1.165, 1.54) is 24.3 Å². The maximum absolute atomic E-state index is 13.7. The van der Waals surface area contributed by atoms with E-state index in [9.17, 15) is 14.9 Å². The molecule has 0 unspecified atom stereocenters. The number of non-ortho nitro benzene ring substituents is 1. The van der Waals surface area contributed by atoms with E-state index in [1.807, 2.05) is 121 Å². The molecule has 0 aliphatic carbocycles. The number of hydrogen-bond donors (Lipinski definition) is 0. The molecule has 0 heterocycles. The standard InChI is InChI=1S/C42H41NO8/c1-2-38(48-28-33-17-9-4-10-18-33)40(49-29-34-19-11-5-12-20-34)41(50-30-35-21-13-6-14-22-35)39(31-47-27-32-15-7-3-8-16-32)51-42(44)36-23-25-37(26-24-36)43(45)46/h2-26,38-41H,1,27-31H2/t38-,39+,40+,41-/m0/s1. The van der Waals surface area contributed by atoms with Crippen LogP contribution in [0.3, 0.4) is 0 Å². The molecule has 262 valence electrons. The molecule has 0 bridgehead atoms. The first-order valence-electron chi connectivity index (χ1n) is 16.7. The van der Waals surface area contributed by atoms with E-state index in [2.05, 4.69) is 6.58 Å². The Bertz CT molecular complexity index is 1770. The third-order valence-corrected chi connectivity index (χ3v) is 8.07. The summed E-state index contributed by atoms with van der Waals surface area (Å²) in [5, 5.41) is 11.3. The lowest BCUT2D eigenvalue weighted by Gasteiger charge is -2.36. The zero-order chi connectivity index (χ0) is 35.7. The molecule has 4 atom stereocenters. The Balaban J connectivity index is 1.49. The molecule has 5 aromatic rings. The van der Waals surface area contributed by atoms with Crippen LogP contribution >= 0.6 is 0 Å². The molecule has 0 N–H and O–H groups in total. The molecule has 0 fully saturated rings. The second-order valence-corrected chi connectivity index (χ2v) is 11.8. The number of nitrogens with zero attached hydrogens (tertiary/aromatic N) is 1. The van der Waals surface area contributed by atoms with Crippen molar-refractivity contribution in [2.24, 2.45) is 0 Å². The fraction of sp³-hybridized carbons (Fsp3) is 0.214. The predicted molar refractivity (Wildman–Crippen MR) is 194 cm³/mol. The minimum atomic E-state index is -1.01. The van der Waals surface area contributed by atoms with Gasteiger partial charge in [0, 0.05) is 12.1 Å². The quantitative estimate of drug-likeness (QED) is 0.0348. The van der Waals surface area contributed by atoms with E-state index >= 15 is 0 Å². The number of ether oxygens (including phenoxy) is 5. The molecule has 0 radical (unpaired) electrons. The second-order valence-electron chi connectivity index (χ2n) is 11.8. The molecule has 9 heteroatoms. The SMILES string of the molecule is C=C[C@H](OCc1ccccc1)[C@@H](OCc1ccccc1)[C@@H](OCc1ccccc1)[C@@H](COCc1ccccc1)OC(=O)c1ccc([N+](=O)[O-])cc1. The maximum Gasteiger partial charge on any atom is 0.338 e. The first-order chi connectivity index (χ1) is 25.0. The largest absolute Gasteiger partial charge is 0.453 e. The Labute approximate surface area is 298 Å². The van der Waals surface area contributed by atoms with Gasteiger partial charge in [0.2, 0.25) is 0 Å². The van der Waals surface area contributed by atoms with Crippen LogP contribution < -0.4 is 0 Å². The van der Waals surface area contributed by atoms with Crippen LogP contribution in [0.2, 0.25) is 0 Å². The lowest BCUT2D eigenvalue weighted by molar-refractivity contribution is -0.384. The molecular weight excluding hydrogens is 646 g/mol. The molecule has 0 saturated carbocycles. The topological polar surface area (TPSA) is 106 Å². The van der Waals surface area contributed by atoms with Crippen LogP contribution in [-0.2, 0) is 50.1 Å². The molecular formula is C42H41NO8. The zero-order valence-corrected chi connectivity index (χ0v) is 28.2. The summed E-state index contributed by atoms with van der Waals surface area (Å²) in [6.07, 6.45) is -1.80. The van der Waals surface area contributed by atoms with Gasteiger partial charge in [-0.15, -0.1) is 6.58 Å². The summed E-state index contributed by atoms with van der Waals surface area (Å²) in [4.78, 5) is 24.5.